The Bertz CT molecular complexity index is 506. The molecule has 112 valence electrons. The summed E-state index contributed by atoms with van der Waals surface area (Å²) < 4.78 is 6.28. The highest BCUT2D eigenvalue weighted by atomic mass is 35.5. The highest BCUT2D eigenvalue weighted by molar-refractivity contribution is 6.33. The second-order valence-electron chi connectivity index (χ2n) is 4.94. The van der Waals surface area contributed by atoms with E-state index in [1.165, 1.54) is 4.68 Å². The Morgan fingerprint density at radius 3 is 3.05 bits per heavy atom. The largest absolute Gasteiger partial charge is 0.383 e. The van der Waals surface area contributed by atoms with Crippen molar-refractivity contribution in [3.63, 3.8) is 0 Å². The van der Waals surface area contributed by atoms with Gasteiger partial charge in [0.15, 0.2) is 0 Å². The van der Waals surface area contributed by atoms with E-state index in [1.807, 2.05) is 0 Å². The van der Waals surface area contributed by atoms with Crippen LogP contribution in [0.15, 0.2) is 11.0 Å². The fourth-order valence-electron chi connectivity index (χ4n) is 2.56. The molecular weight excluding hydrogens is 280 g/mol. The van der Waals surface area contributed by atoms with E-state index >= 15 is 0 Å². The third-order valence-corrected chi connectivity index (χ3v) is 4.04. The lowest BCUT2D eigenvalue weighted by Crippen LogP contribution is -2.45. The van der Waals surface area contributed by atoms with E-state index in [0.717, 1.165) is 25.8 Å². The van der Waals surface area contributed by atoms with Crippen LogP contribution >= 0.6 is 11.6 Å². The van der Waals surface area contributed by atoms with Crippen molar-refractivity contribution in [3.8, 4) is 0 Å². The summed E-state index contributed by atoms with van der Waals surface area (Å²) in [5.74, 6) is 0. The Labute approximate surface area is 123 Å². The number of halogens is 1. The zero-order valence-corrected chi connectivity index (χ0v) is 12.5. The summed E-state index contributed by atoms with van der Waals surface area (Å²) in [6.07, 6.45) is 4.93. The molecule has 0 spiro atoms. The van der Waals surface area contributed by atoms with Gasteiger partial charge in [0.25, 0.3) is 5.56 Å². The molecule has 6 nitrogen and oxygen atoms in total. The van der Waals surface area contributed by atoms with Gasteiger partial charge in [-0.3, -0.25) is 4.79 Å². The Morgan fingerprint density at radius 2 is 2.35 bits per heavy atom. The molecule has 2 N–H and O–H groups in total. The van der Waals surface area contributed by atoms with Crippen LogP contribution in [0.25, 0.3) is 0 Å². The fourth-order valence-corrected chi connectivity index (χ4v) is 2.81. The molecule has 20 heavy (non-hydrogen) atoms. The second kappa shape index (κ2) is 7.06. The predicted octanol–water partition coefficient (Wildman–Crippen LogP) is 0.861. The van der Waals surface area contributed by atoms with Crippen LogP contribution in [0.2, 0.25) is 5.02 Å². The van der Waals surface area contributed by atoms with E-state index in [4.69, 9.17) is 22.1 Å². The summed E-state index contributed by atoms with van der Waals surface area (Å²) >= 11 is 6.24. The number of rotatable bonds is 5. The zero-order chi connectivity index (χ0) is 14.5. The Kier molecular flexibility index (Phi) is 5.39. The molecule has 0 amide bonds. The molecule has 2 heterocycles. The van der Waals surface area contributed by atoms with E-state index in [2.05, 4.69) is 10.00 Å². The van der Waals surface area contributed by atoms with Gasteiger partial charge >= 0.3 is 0 Å². The minimum Gasteiger partial charge on any atom is -0.383 e. The number of anilines is 1. The average molecular weight is 301 g/mol. The molecule has 1 fully saturated rings. The fraction of sp³-hybridized carbons (Fsp3) is 0.692. The van der Waals surface area contributed by atoms with Gasteiger partial charge in [-0.15, -0.1) is 0 Å². The third kappa shape index (κ3) is 3.13. The van der Waals surface area contributed by atoms with Gasteiger partial charge in [-0.2, -0.15) is 5.10 Å². The molecule has 0 saturated carbocycles. The van der Waals surface area contributed by atoms with Crippen LogP contribution in [0.3, 0.4) is 0 Å². The summed E-state index contributed by atoms with van der Waals surface area (Å²) in [5.41, 5.74) is 6.23. The summed E-state index contributed by atoms with van der Waals surface area (Å²) in [4.78, 5) is 14.3. The van der Waals surface area contributed by atoms with E-state index < -0.39 is 0 Å². The molecule has 1 atom stereocenters. The molecule has 2 rings (SSSR count). The summed E-state index contributed by atoms with van der Waals surface area (Å²) in [6.45, 7) is 2.25. The lowest BCUT2D eigenvalue weighted by atomic mass is 10.0. The first kappa shape index (κ1) is 15.3. The number of aromatic nitrogens is 2. The highest BCUT2D eigenvalue weighted by Gasteiger charge is 2.24. The molecule has 1 aromatic heterocycles. The van der Waals surface area contributed by atoms with Gasteiger partial charge in [0.1, 0.15) is 5.02 Å². The Morgan fingerprint density at radius 1 is 1.55 bits per heavy atom. The first-order valence-electron chi connectivity index (χ1n) is 6.90. The first-order valence-corrected chi connectivity index (χ1v) is 7.28. The Balaban J connectivity index is 2.28. The number of ether oxygens (including phenoxy) is 1. The summed E-state index contributed by atoms with van der Waals surface area (Å²) in [6, 6.07) is 0.234. The van der Waals surface area contributed by atoms with Crippen molar-refractivity contribution >= 4 is 17.3 Å². The smallest absolute Gasteiger partial charge is 0.287 e. The van der Waals surface area contributed by atoms with Gasteiger partial charge in [0.05, 0.1) is 25.0 Å². The SMILES string of the molecule is COCCn1ncc(N2CCCCC2CN)c(Cl)c1=O. The topological polar surface area (TPSA) is 73.4 Å². The van der Waals surface area contributed by atoms with Gasteiger partial charge in [-0.25, -0.2) is 4.68 Å². The lowest BCUT2D eigenvalue weighted by Gasteiger charge is -2.37. The van der Waals surface area contributed by atoms with Gasteiger partial charge in [-0.05, 0) is 19.3 Å². The quantitative estimate of drug-likeness (QED) is 0.873. The molecule has 0 aromatic carbocycles. The molecule has 1 aromatic rings. The monoisotopic (exact) mass is 300 g/mol. The Hall–Kier alpha value is -1.11. The van der Waals surface area contributed by atoms with Crippen molar-refractivity contribution in [1.82, 2.24) is 9.78 Å². The molecule has 1 aliphatic rings. The number of nitrogens with two attached hydrogens (primary N) is 1. The number of hydrogen-bond acceptors (Lipinski definition) is 5. The second-order valence-corrected chi connectivity index (χ2v) is 5.32. The van der Waals surface area contributed by atoms with E-state index in [-0.39, 0.29) is 16.6 Å². The summed E-state index contributed by atoms with van der Waals surface area (Å²) in [7, 11) is 1.58. The number of methoxy groups -OCH3 is 1. The van der Waals surface area contributed by atoms with Crippen molar-refractivity contribution in [2.24, 2.45) is 5.73 Å². The molecule has 7 heteroatoms. The third-order valence-electron chi connectivity index (χ3n) is 3.68. The maximum atomic E-state index is 12.2. The van der Waals surface area contributed by atoms with E-state index in [9.17, 15) is 4.79 Å². The first-order chi connectivity index (χ1) is 9.69. The maximum Gasteiger partial charge on any atom is 0.287 e. The van der Waals surface area contributed by atoms with Crippen LogP contribution in [-0.4, -0.2) is 42.6 Å². The molecule has 1 saturated heterocycles. The number of piperidine rings is 1. The maximum absolute atomic E-state index is 12.2. The van der Waals surface area contributed by atoms with Gasteiger partial charge in [0, 0.05) is 26.2 Å². The van der Waals surface area contributed by atoms with Crippen molar-refractivity contribution in [2.75, 3.05) is 31.7 Å². The molecular formula is C13H21ClN4O2. The minimum absolute atomic E-state index is 0.219. The van der Waals surface area contributed by atoms with Crippen molar-refractivity contribution < 1.29 is 4.74 Å². The molecule has 0 aliphatic carbocycles. The van der Waals surface area contributed by atoms with E-state index in [1.54, 1.807) is 13.3 Å². The van der Waals surface area contributed by atoms with Crippen LogP contribution in [0.5, 0.6) is 0 Å². The van der Waals surface area contributed by atoms with Crippen LogP contribution in [-0.2, 0) is 11.3 Å². The van der Waals surface area contributed by atoms with E-state index in [0.29, 0.717) is 25.4 Å². The normalized spacial score (nSPS) is 19.4. The van der Waals surface area contributed by atoms with Gasteiger partial charge < -0.3 is 15.4 Å². The average Bonchev–Trinajstić information content (AvgIpc) is 2.49. The van der Waals surface area contributed by atoms with Gasteiger partial charge in [0.2, 0.25) is 0 Å². The van der Waals surface area contributed by atoms with Gasteiger partial charge in [-0.1, -0.05) is 11.6 Å². The standard InChI is InChI=1S/C13H21ClN4O2/c1-20-7-6-18-13(19)12(14)11(9-16-18)17-5-3-2-4-10(17)8-15/h9-10H,2-8,15H2,1H3. The molecule has 0 bridgehead atoms. The number of nitrogens with zero attached hydrogens (tertiary/aromatic N) is 3. The number of hydrogen-bond donors (Lipinski definition) is 1. The lowest BCUT2D eigenvalue weighted by molar-refractivity contribution is 0.182. The summed E-state index contributed by atoms with van der Waals surface area (Å²) in [5, 5.41) is 4.40. The molecule has 1 unspecified atom stereocenters. The molecule has 0 radical (unpaired) electrons. The highest BCUT2D eigenvalue weighted by Crippen LogP contribution is 2.27. The minimum atomic E-state index is -0.275. The van der Waals surface area contributed by atoms with Crippen molar-refractivity contribution in [1.29, 1.82) is 0 Å². The van der Waals surface area contributed by atoms with Crippen molar-refractivity contribution in [2.45, 2.75) is 31.8 Å². The predicted molar refractivity (Wildman–Crippen MR) is 79.4 cm³/mol. The van der Waals surface area contributed by atoms with Crippen LogP contribution in [0.1, 0.15) is 19.3 Å². The zero-order valence-electron chi connectivity index (χ0n) is 11.7. The van der Waals surface area contributed by atoms with Crippen LogP contribution in [0, 0.1) is 0 Å². The molecule has 1 aliphatic heterocycles. The van der Waals surface area contributed by atoms with Crippen LogP contribution < -0.4 is 16.2 Å². The van der Waals surface area contributed by atoms with Crippen LogP contribution in [0.4, 0.5) is 5.69 Å². The van der Waals surface area contributed by atoms with Crippen molar-refractivity contribution in [3.05, 3.63) is 21.6 Å².